The number of fused-ring (bicyclic) bond motifs is 2. The van der Waals surface area contributed by atoms with Crippen LogP contribution in [0, 0.1) is 6.92 Å². The Bertz CT molecular complexity index is 836. The predicted molar refractivity (Wildman–Crippen MR) is 83.6 cm³/mol. The molecule has 110 valence electrons. The minimum Gasteiger partial charge on any atom is -0.315 e. The molecule has 1 aliphatic rings. The van der Waals surface area contributed by atoms with Crippen molar-refractivity contribution in [1.82, 2.24) is 0 Å². The van der Waals surface area contributed by atoms with Crippen LogP contribution in [0.4, 0.5) is 5.69 Å². The minimum absolute atomic E-state index is 0.127. The number of nitrogens with zero attached hydrogens (tertiary/aromatic N) is 1. The summed E-state index contributed by atoms with van der Waals surface area (Å²) in [6.45, 7) is 3.29. The molecule has 3 rings (SSSR count). The van der Waals surface area contributed by atoms with E-state index < -0.39 is 0 Å². The summed E-state index contributed by atoms with van der Waals surface area (Å²) in [6, 6.07) is 10.2. The third kappa shape index (κ3) is 1.96. The van der Waals surface area contributed by atoms with E-state index in [0.717, 1.165) is 5.56 Å². The van der Waals surface area contributed by atoms with Crippen molar-refractivity contribution in [2.45, 2.75) is 13.8 Å². The van der Waals surface area contributed by atoms with Crippen molar-refractivity contribution in [3.8, 4) is 0 Å². The van der Waals surface area contributed by atoms with Crippen LogP contribution < -0.4 is 4.90 Å². The van der Waals surface area contributed by atoms with Crippen LogP contribution in [0.25, 0.3) is 0 Å². The zero-order chi connectivity index (χ0) is 16.0. The van der Waals surface area contributed by atoms with E-state index in [1.54, 1.807) is 43.4 Å². The average molecular weight is 293 g/mol. The SMILES string of the molecule is CC(=O)N(C)c1cc2c(cc1C)C(=O)c1ccccc1C2=O. The Kier molecular flexibility index (Phi) is 3.17. The molecule has 0 spiro atoms. The summed E-state index contributed by atoms with van der Waals surface area (Å²) < 4.78 is 0. The molecule has 1 aliphatic carbocycles. The number of aryl methyl sites for hydroxylation is 1. The lowest BCUT2D eigenvalue weighted by molar-refractivity contribution is -0.116. The van der Waals surface area contributed by atoms with E-state index in [-0.39, 0.29) is 17.5 Å². The fourth-order valence-electron chi connectivity index (χ4n) is 2.77. The molecule has 0 atom stereocenters. The van der Waals surface area contributed by atoms with Gasteiger partial charge in [-0.3, -0.25) is 14.4 Å². The second-order valence-corrected chi connectivity index (χ2v) is 5.47. The summed E-state index contributed by atoms with van der Waals surface area (Å²) in [6.07, 6.45) is 0. The van der Waals surface area contributed by atoms with Gasteiger partial charge in [0.05, 0.1) is 0 Å². The van der Waals surface area contributed by atoms with Gasteiger partial charge in [0.1, 0.15) is 0 Å². The maximum Gasteiger partial charge on any atom is 0.223 e. The van der Waals surface area contributed by atoms with Gasteiger partial charge in [0.15, 0.2) is 11.6 Å². The Morgan fingerprint density at radius 3 is 1.91 bits per heavy atom. The predicted octanol–water partition coefficient (Wildman–Crippen LogP) is 2.75. The minimum atomic E-state index is -0.177. The van der Waals surface area contributed by atoms with Crippen molar-refractivity contribution in [2.75, 3.05) is 11.9 Å². The van der Waals surface area contributed by atoms with E-state index in [0.29, 0.717) is 27.9 Å². The van der Waals surface area contributed by atoms with Crippen LogP contribution in [0.2, 0.25) is 0 Å². The lowest BCUT2D eigenvalue weighted by Crippen LogP contribution is -2.26. The molecule has 0 N–H and O–H groups in total. The molecule has 0 aromatic heterocycles. The molecule has 0 radical (unpaired) electrons. The molecule has 0 aliphatic heterocycles. The summed E-state index contributed by atoms with van der Waals surface area (Å²) >= 11 is 0. The summed E-state index contributed by atoms with van der Waals surface area (Å²) in [5.41, 5.74) is 3.05. The van der Waals surface area contributed by atoms with Gasteiger partial charge in [-0.1, -0.05) is 24.3 Å². The van der Waals surface area contributed by atoms with Crippen molar-refractivity contribution >= 4 is 23.2 Å². The summed E-state index contributed by atoms with van der Waals surface area (Å²) in [5.74, 6) is -0.452. The smallest absolute Gasteiger partial charge is 0.223 e. The van der Waals surface area contributed by atoms with Gasteiger partial charge in [-0.2, -0.15) is 0 Å². The average Bonchev–Trinajstić information content (AvgIpc) is 2.51. The summed E-state index contributed by atoms with van der Waals surface area (Å²) in [7, 11) is 1.65. The fraction of sp³-hybridized carbons (Fsp3) is 0.167. The van der Waals surface area contributed by atoms with Gasteiger partial charge in [0, 0.05) is 41.9 Å². The van der Waals surface area contributed by atoms with Gasteiger partial charge < -0.3 is 4.90 Å². The molecule has 1 amide bonds. The van der Waals surface area contributed by atoms with E-state index in [1.165, 1.54) is 11.8 Å². The lowest BCUT2D eigenvalue weighted by atomic mass is 9.83. The maximum absolute atomic E-state index is 12.7. The van der Waals surface area contributed by atoms with Gasteiger partial charge in [0.25, 0.3) is 0 Å². The van der Waals surface area contributed by atoms with Crippen LogP contribution in [0.15, 0.2) is 36.4 Å². The Labute approximate surface area is 128 Å². The van der Waals surface area contributed by atoms with Crippen molar-refractivity contribution < 1.29 is 14.4 Å². The molecule has 0 bridgehead atoms. The molecule has 0 saturated heterocycles. The summed E-state index contributed by atoms with van der Waals surface area (Å²) in [4.78, 5) is 38.3. The van der Waals surface area contributed by atoms with E-state index in [2.05, 4.69) is 0 Å². The second kappa shape index (κ2) is 4.91. The molecular weight excluding hydrogens is 278 g/mol. The number of hydrogen-bond acceptors (Lipinski definition) is 3. The first kappa shape index (κ1) is 14.2. The molecule has 0 saturated carbocycles. The van der Waals surface area contributed by atoms with E-state index >= 15 is 0 Å². The Hall–Kier alpha value is -2.75. The van der Waals surface area contributed by atoms with Gasteiger partial charge >= 0.3 is 0 Å². The zero-order valence-electron chi connectivity index (χ0n) is 12.6. The highest BCUT2D eigenvalue weighted by Gasteiger charge is 2.30. The van der Waals surface area contributed by atoms with Gasteiger partial charge in [-0.15, -0.1) is 0 Å². The van der Waals surface area contributed by atoms with Crippen LogP contribution in [0.3, 0.4) is 0 Å². The van der Waals surface area contributed by atoms with Crippen LogP contribution in [0.1, 0.15) is 44.3 Å². The van der Waals surface area contributed by atoms with Crippen molar-refractivity contribution in [3.05, 3.63) is 64.2 Å². The Morgan fingerprint density at radius 2 is 1.41 bits per heavy atom. The number of ketones is 2. The molecule has 4 heteroatoms. The molecule has 0 fully saturated rings. The van der Waals surface area contributed by atoms with E-state index in [1.807, 2.05) is 6.92 Å². The first-order valence-electron chi connectivity index (χ1n) is 6.99. The van der Waals surface area contributed by atoms with Crippen LogP contribution in [-0.2, 0) is 4.79 Å². The summed E-state index contributed by atoms with van der Waals surface area (Å²) in [5, 5.41) is 0. The first-order chi connectivity index (χ1) is 10.4. The number of carbonyl (C=O) groups excluding carboxylic acids is 3. The third-order valence-electron chi connectivity index (χ3n) is 4.08. The highest BCUT2D eigenvalue weighted by Crippen LogP contribution is 2.32. The lowest BCUT2D eigenvalue weighted by Gasteiger charge is -2.23. The topological polar surface area (TPSA) is 54.5 Å². The molecule has 0 unspecified atom stereocenters. The number of carbonyl (C=O) groups is 3. The molecule has 2 aromatic carbocycles. The number of amides is 1. The number of hydrogen-bond donors (Lipinski definition) is 0. The number of rotatable bonds is 1. The van der Waals surface area contributed by atoms with Crippen LogP contribution >= 0.6 is 0 Å². The van der Waals surface area contributed by atoms with E-state index in [4.69, 9.17) is 0 Å². The van der Waals surface area contributed by atoms with E-state index in [9.17, 15) is 14.4 Å². The number of anilines is 1. The maximum atomic E-state index is 12.7. The normalized spacial score (nSPS) is 12.7. The highest BCUT2D eigenvalue weighted by atomic mass is 16.2. The van der Waals surface area contributed by atoms with Gasteiger partial charge in [-0.05, 0) is 24.6 Å². The standard InChI is InChI=1S/C18H15NO3/c1-10-8-14-15(9-16(10)19(3)11(2)20)18(22)13-7-5-4-6-12(13)17(14)21/h4-9H,1-3H3. The Balaban J connectivity index is 2.23. The highest BCUT2D eigenvalue weighted by molar-refractivity contribution is 6.28. The second-order valence-electron chi connectivity index (χ2n) is 5.47. The quantitative estimate of drug-likeness (QED) is 0.693. The molecule has 2 aromatic rings. The third-order valence-corrected chi connectivity index (χ3v) is 4.08. The van der Waals surface area contributed by atoms with Gasteiger partial charge in [-0.25, -0.2) is 0 Å². The molecule has 22 heavy (non-hydrogen) atoms. The zero-order valence-corrected chi connectivity index (χ0v) is 12.6. The Morgan fingerprint density at radius 1 is 0.909 bits per heavy atom. The fourth-order valence-corrected chi connectivity index (χ4v) is 2.77. The van der Waals surface area contributed by atoms with Crippen molar-refractivity contribution in [3.63, 3.8) is 0 Å². The first-order valence-corrected chi connectivity index (χ1v) is 6.99. The van der Waals surface area contributed by atoms with Crippen molar-refractivity contribution in [2.24, 2.45) is 0 Å². The largest absolute Gasteiger partial charge is 0.315 e. The molecular formula is C18H15NO3. The van der Waals surface area contributed by atoms with Crippen LogP contribution in [-0.4, -0.2) is 24.5 Å². The molecule has 0 heterocycles. The van der Waals surface area contributed by atoms with Gasteiger partial charge in [0.2, 0.25) is 5.91 Å². The molecule has 4 nitrogen and oxygen atoms in total. The van der Waals surface area contributed by atoms with Crippen LogP contribution in [0.5, 0.6) is 0 Å². The van der Waals surface area contributed by atoms with Crippen molar-refractivity contribution in [1.29, 1.82) is 0 Å². The monoisotopic (exact) mass is 293 g/mol. The number of benzene rings is 2.